The van der Waals surface area contributed by atoms with Crippen molar-refractivity contribution < 1.29 is 19.4 Å². The van der Waals surface area contributed by atoms with E-state index in [0.717, 1.165) is 6.42 Å². The van der Waals surface area contributed by atoms with Crippen molar-refractivity contribution in [1.29, 1.82) is 0 Å². The molecular weight excluding hydrogens is 248 g/mol. The van der Waals surface area contributed by atoms with Crippen molar-refractivity contribution in [3.05, 3.63) is 0 Å². The number of hydrogen-bond donors (Lipinski definition) is 2. The molecule has 0 saturated carbocycles. The van der Waals surface area contributed by atoms with Crippen molar-refractivity contribution >= 4 is 11.9 Å². The van der Waals surface area contributed by atoms with E-state index in [1.807, 2.05) is 13.8 Å². The number of nitrogens with one attached hydrogen (secondary N) is 1. The van der Waals surface area contributed by atoms with E-state index in [4.69, 9.17) is 9.84 Å². The lowest BCUT2D eigenvalue weighted by atomic mass is 10.0. The maximum Gasteiger partial charge on any atom is 0.323 e. The van der Waals surface area contributed by atoms with E-state index in [2.05, 4.69) is 5.32 Å². The predicted octanol–water partition coefficient (Wildman–Crippen LogP) is 0.713. The van der Waals surface area contributed by atoms with Crippen LogP contribution < -0.4 is 5.32 Å². The highest BCUT2D eigenvalue weighted by atomic mass is 16.5. The smallest absolute Gasteiger partial charge is 0.323 e. The van der Waals surface area contributed by atoms with E-state index in [1.165, 1.54) is 4.90 Å². The van der Waals surface area contributed by atoms with Gasteiger partial charge in [0, 0.05) is 13.2 Å². The standard InChI is InChI=1S/C13H26N2O4/c1-10(2)19-8-6-7-14-11(16)9-15(5)13(3,4)12(17)18/h10H,6-9H2,1-5H3,(H,14,16)(H,17,18). The molecule has 0 aromatic carbocycles. The summed E-state index contributed by atoms with van der Waals surface area (Å²) >= 11 is 0. The van der Waals surface area contributed by atoms with Gasteiger partial charge in [-0.3, -0.25) is 14.5 Å². The monoisotopic (exact) mass is 274 g/mol. The van der Waals surface area contributed by atoms with Crippen molar-refractivity contribution in [1.82, 2.24) is 10.2 Å². The molecule has 0 bridgehead atoms. The van der Waals surface area contributed by atoms with Crippen LogP contribution in [0, 0.1) is 0 Å². The highest BCUT2D eigenvalue weighted by Gasteiger charge is 2.32. The SMILES string of the molecule is CC(C)OCCCNC(=O)CN(C)C(C)(C)C(=O)O. The van der Waals surface area contributed by atoms with Crippen molar-refractivity contribution in [2.75, 3.05) is 26.7 Å². The fraction of sp³-hybridized carbons (Fsp3) is 0.846. The third kappa shape index (κ3) is 7.12. The van der Waals surface area contributed by atoms with Crippen LogP contribution in [0.25, 0.3) is 0 Å². The number of carboxylic acid groups (broad SMARTS) is 1. The number of aliphatic carboxylic acids is 1. The van der Waals surface area contributed by atoms with Crippen LogP contribution in [-0.2, 0) is 14.3 Å². The average molecular weight is 274 g/mol. The Balaban J connectivity index is 3.89. The Bertz CT molecular complexity index is 303. The van der Waals surface area contributed by atoms with E-state index in [9.17, 15) is 9.59 Å². The first kappa shape index (κ1) is 17.9. The summed E-state index contributed by atoms with van der Waals surface area (Å²) in [5.74, 6) is -1.13. The van der Waals surface area contributed by atoms with Crippen molar-refractivity contribution in [3.63, 3.8) is 0 Å². The molecule has 0 unspecified atom stereocenters. The third-order valence-electron chi connectivity index (χ3n) is 2.95. The quantitative estimate of drug-likeness (QED) is 0.605. The Labute approximate surface area is 115 Å². The molecule has 0 aromatic heterocycles. The molecule has 0 heterocycles. The zero-order chi connectivity index (χ0) is 15.1. The van der Waals surface area contributed by atoms with Gasteiger partial charge in [0.2, 0.25) is 5.91 Å². The van der Waals surface area contributed by atoms with Crippen LogP contribution in [0.5, 0.6) is 0 Å². The van der Waals surface area contributed by atoms with Crippen LogP contribution in [0.3, 0.4) is 0 Å². The Morgan fingerprint density at radius 1 is 1.37 bits per heavy atom. The molecule has 0 aliphatic heterocycles. The second-order valence-corrected chi connectivity index (χ2v) is 5.34. The maximum absolute atomic E-state index is 11.6. The van der Waals surface area contributed by atoms with E-state index >= 15 is 0 Å². The minimum absolute atomic E-state index is 0.0599. The highest BCUT2D eigenvalue weighted by molar-refractivity contribution is 5.81. The molecule has 0 fully saturated rings. The Kier molecular flexibility index (Phi) is 7.63. The van der Waals surface area contributed by atoms with Gasteiger partial charge in [0.15, 0.2) is 0 Å². The summed E-state index contributed by atoms with van der Waals surface area (Å²) in [7, 11) is 1.62. The Morgan fingerprint density at radius 2 is 1.95 bits per heavy atom. The van der Waals surface area contributed by atoms with E-state index in [0.29, 0.717) is 13.2 Å². The summed E-state index contributed by atoms with van der Waals surface area (Å²) in [5, 5.41) is 11.8. The number of carbonyl (C=O) groups is 2. The zero-order valence-corrected chi connectivity index (χ0v) is 12.5. The van der Waals surface area contributed by atoms with Crippen LogP contribution in [0.15, 0.2) is 0 Å². The molecule has 0 aromatic rings. The summed E-state index contributed by atoms with van der Waals surface area (Å²) in [6, 6.07) is 0. The molecule has 0 aliphatic rings. The van der Waals surface area contributed by atoms with Gasteiger partial charge in [0.1, 0.15) is 5.54 Å². The number of hydrogen-bond acceptors (Lipinski definition) is 4. The zero-order valence-electron chi connectivity index (χ0n) is 12.5. The van der Waals surface area contributed by atoms with Gasteiger partial charge < -0.3 is 15.2 Å². The van der Waals surface area contributed by atoms with Gasteiger partial charge in [0.05, 0.1) is 12.6 Å². The molecule has 0 aliphatic carbocycles. The molecule has 2 N–H and O–H groups in total. The lowest BCUT2D eigenvalue weighted by molar-refractivity contribution is -0.149. The first-order valence-electron chi connectivity index (χ1n) is 6.51. The minimum atomic E-state index is -1.06. The second-order valence-electron chi connectivity index (χ2n) is 5.34. The number of carbonyl (C=O) groups excluding carboxylic acids is 1. The van der Waals surface area contributed by atoms with Crippen LogP contribution in [0.1, 0.15) is 34.1 Å². The molecule has 6 heteroatoms. The van der Waals surface area contributed by atoms with Gasteiger partial charge in [-0.2, -0.15) is 0 Å². The number of nitrogens with zero attached hydrogens (tertiary/aromatic N) is 1. The van der Waals surface area contributed by atoms with Crippen molar-refractivity contribution in [2.45, 2.75) is 45.8 Å². The van der Waals surface area contributed by atoms with Crippen molar-refractivity contribution in [3.8, 4) is 0 Å². The maximum atomic E-state index is 11.6. The molecular formula is C13H26N2O4. The average Bonchev–Trinajstić information content (AvgIpc) is 2.27. The first-order valence-corrected chi connectivity index (χ1v) is 6.51. The molecule has 0 radical (unpaired) electrons. The normalized spacial score (nSPS) is 11.9. The van der Waals surface area contributed by atoms with E-state index < -0.39 is 11.5 Å². The van der Waals surface area contributed by atoms with Crippen molar-refractivity contribution in [2.24, 2.45) is 0 Å². The Morgan fingerprint density at radius 3 is 2.42 bits per heavy atom. The topological polar surface area (TPSA) is 78.9 Å². The number of amides is 1. The highest BCUT2D eigenvalue weighted by Crippen LogP contribution is 2.11. The molecule has 0 saturated heterocycles. The summed E-state index contributed by atoms with van der Waals surface area (Å²) in [6.07, 6.45) is 0.939. The van der Waals surface area contributed by atoms with Gasteiger partial charge in [-0.25, -0.2) is 0 Å². The lowest BCUT2D eigenvalue weighted by Crippen LogP contribution is -2.51. The van der Waals surface area contributed by atoms with E-state index in [-0.39, 0.29) is 18.6 Å². The molecule has 0 atom stereocenters. The predicted molar refractivity (Wildman–Crippen MR) is 73.1 cm³/mol. The van der Waals surface area contributed by atoms with Gasteiger partial charge in [-0.15, -0.1) is 0 Å². The fourth-order valence-corrected chi connectivity index (χ4v) is 1.25. The minimum Gasteiger partial charge on any atom is -0.480 e. The summed E-state index contributed by atoms with van der Waals surface area (Å²) in [5.41, 5.74) is -1.06. The molecule has 0 rings (SSSR count). The number of likely N-dealkylation sites (N-methyl/N-ethyl adjacent to an activating group) is 1. The summed E-state index contributed by atoms with van der Waals surface area (Å²) < 4.78 is 5.35. The van der Waals surface area contributed by atoms with Crippen LogP contribution in [0.4, 0.5) is 0 Å². The lowest BCUT2D eigenvalue weighted by Gasteiger charge is -2.30. The number of ether oxygens (including phenoxy) is 1. The third-order valence-corrected chi connectivity index (χ3v) is 2.95. The van der Waals surface area contributed by atoms with Gasteiger partial charge >= 0.3 is 5.97 Å². The molecule has 6 nitrogen and oxygen atoms in total. The molecule has 0 spiro atoms. The number of rotatable bonds is 9. The molecule has 1 amide bonds. The van der Waals surface area contributed by atoms with Crippen LogP contribution >= 0.6 is 0 Å². The number of carboxylic acids is 1. The first-order chi connectivity index (χ1) is 8.67. The van der Waals surface area contributed by atoms with Crippen LogP contribution in [0.2, 0.25) is 0 Å². The summed E-state index contributed by atoms with van der Waals surface area (Å²) in [4.78, 5) is 24.2. The molecule has 112 valence electrons. The summed E-state index contributed by atoms with van der Waals surface area (Å²) in [6.45, 7) is 8.26. The molecule has 19 heavy (non-hydrogen) atoms. The van der Waals surface area contributed by atoms with Gasteiger partial charge in [-0.1, -0.05) is 0 Å². The largest absolute Gasteiger partial charge is 0.480 e. The van der Waals surface area contributed by atoms with Gasteiger partial charge in [0.25, 0.3) is 0 Å². The van der Waals surface area contributed by atoms with Gasteiger partial charge in [-0.05, 0) is 41.2 Å². The second kappa shape index (κ2) is 8.12. The fourth-order valence-electron chi connectivity index (χ4n) is 1.25. The van der Waals surface area contributed by atoms with Crippen LogP contribution in [-0.4, -0.2) is 60.3 Å². The van der Waals surface area contributed by atoms with E-state index in [1.54, 1.807) is 20.9 Å². The Hall–Kier alpha value is -1.14.